The van der Waals surface area contributed by atoms with Gasteiger partial charge in [-0.15, -0.1) is 0 Å². The van der Waals surface area contributed by atoms with Crippen molar-refractivity contribution in [2.24, 2.45) is 5.41 Å². The first-order chi connectivity index (χ1) is 15.6. The number of benzene rings is 1. The van der Waals surface area contributed by atoms with Crippen LogP contribution >= 0.6 is 0 Å². The van der Waals surface area contributed by atoms with E-state index in [1.807, 2.05) is 12.1 Å². The molecular weight excluding hydrogens is 408 g/mol. The Morgan fingerprint density at radius 1 is 1.34 bits per heavy atom. The lowest BCUT2D eigenvalue weighted by Crippen LogP contribution is -2.37. The summed E-state index contributed by atoms with van der Waals surface area (Å²) in [4.78, 5) is 19.7. The Labute approximate surface area is 185 Å². The lowest BCUT2D eigenvalue weighted by atomic mass is 9.80. The molecule has 9 heteroatoms. The summed E-state index contributed by atoms with van der Waals surface area (Å²) in [6.07, 6.45) is 6.04. The average molecular weight is 432 g/mol. The highest BCUT2D eigenvalue weighted by Gasteiger charge is 2.33. The first-order valence-electron chi connectivity index (χ1n) is 10.7. The number of nitriles is 1. The molecule has 0 saturated carbocycles. The van der Waals surface area contributed by atoms with E-state index in [1.165, 1.54) is 6.20 Å². The largest absolute Gasteiger partial charge is 0.493 e. The molecule has 4 heterocycles. The minimum absolute atomic E-state index is 0.254. The number of ether oxygens (including phenoxy) is 2. The third-order valence-corrected chi connectivity index (χ3v) is 6.00. The molecule has 1 unspecified atom stereocenters. The fraction of sp³-hybridized carbons (Fsp3) is 0.391. The number of anilines is 2. The summed E-state index contributed by atoms with van der Waals surface area (Å²) in [7, 11) is 0. The van der Waals surface area contributed by atoms with Crippen molar-refractivity contribution in [1.29, 1.82) is 5.26 Å². The van der Waals surface area contributed by atoms with Crippen molar-refractivity contribution in [1.82, 2.24) is 14.6 Å². The van der Waals surface area contributed by atoms with Crippen LogP contribution in [0, 0.1) is 16.7 Å². The molecule has 1 saturated heterocycles. The molecule has 0 radical (unpaired) electrons. The second-order valence-electron chi connectivity index (χ2n) is 8.59. The highest BCUT2D eigenvalue weighted by Crippen LogP contribution is 2.42. The van der Waals surface area contributed by atoms with E-state index in [9.17, 15) is 10.1 Å². The minimum Gasteiger partial charge on any atom is -0.493 e. The Kier molecular flexibility index (Phi) is 5.15. The van der Waals surface area contributed by atoms with Crippen LogP contribution in [0.2, 0.25) is 0 Å². The van der Waals surface area contributed by atoms with E-state index in [0.717, 1.165) is 30.1 Å². The smallest absolute Gasteiger partial charge is 0.261 e. The molecule has 32 heavy (non-hydrogen) atoms. The number of aromatic nitrogens is 3. The number of carbonyl (C=O) groups excluding carboxylic acids is 1. The second-order valence-corrected chi connectivity index (χ2v) is 8.59. The van der Waals surface area contributed by atoms with E-state index in [-0.39, 0.29) is 11.3 Å². The maximum Gasteiger partial charge on any atom is 0.261 e. The van der Waals surface area contributed by atoms with E-state index in [1.54, 1.807) is 23.0 Å². The average Bonchev–Trinajstić information content (AvgIpc) is 3.23. The molecule has 9 nitrogen and oxygen atoms in total. The SMILES string of the molecule is CC1(CC#N)COc2cc(N3CCOCC3)c(NC(=O)c3cnn4cccnc34)cc2C1. The summed E-state index contributed by atoms with van der Waals surface area (Å²) >= 11 is 0. The Hall–Kier alpha value is -3.64. The predicted molar refractivity (Wildman–Crippen MR) is 118 cm³/mol. The van der Waals surface area contributed by atoms with Crippen LogP contribution in [-0.2, 0) is 11.2 Å². The zero-order chi connectivity index (χ0) is 22.1. The number of fused-ring (bicyclic) bond motifs is 2. The van der Waals surface area contributed by atoms with Crippen molar-refractivity contribution < 1.29 is 14.3 Å². The highest BCUT2D eigenvalue weighted by atomic mass is 16.5. The van der Waals surface area contributed by atoms with E-state index >= 15 is 0 Å². The van der Waals surface area contributed by atoms with Crippen LogP contribution in [0.1, 0.15) is 29.3 Å². The van der Waals surface area contributed by atoms with Gasteiger partial charge in [0.25, 0.3) is 5.91 Å². The van der Waals surface area contributed by atoms with Crippen molar-refractivity contribution in [2.45, 2.75) is 19.8 Å². The first kappa shape index (κ1) is 20.3. The monoisotopic (exact) mass is 432 g/mol. The van der Waals surface area contributed by atoms with Crippen molar-refractivity contribution in [3.63, 3.8) is 0 Å². The number of amides is 1. The first-order valence-corrected chi connectivity index (χ1v) is 10.7. The number of hydrogen-bond donors (Lipinski definition) is 1. The maximum absolute atomic E-state index is 13.2. The molecule has 1 aromatic carbocycles. The fourth-order valence-electron chi connectivity index (χ4n) is 4.30. The molecule has 164 valence electrons. The summed E-state index contributed by atoms with van der Waals surface area (Å²) in [5, 5.41) is 16.5. The van der Waals surface area contributed by atoms with Crippen LogP contribution < -0.4 is 15.0 Å². The van der Waals surface area contributed by atoms with Crippen molar-refractivity contribution >= 4 is 22.9 Å². The quantitative estimate of drug-likeness (QED) is 0.676. The van der Waals surface area contributed by atoms with Gasteiger partial charge in [-0.05, 0) is 24.1 Å². The van der Waals surface area contributed by atoms with Crippen LogP contribution in [0.3, 0.4) is 0 Å². The summed E-state index contributed by atoms with van der Waals surface area (Å²) in [6, 6.07) is 8.00. The molecule has 1 atom stereocenters. The molecule has 1 amide bonds. The summed E-state index contributed by atoms with van der Waals surface area (Å²) in [5.41, 5.74) is 3.24. The molecule has 1 fully saturated rings. The van der Waals surface area contributed by atoms with E-state index in [4.69, 9.17) is 9.47 Å². The van der Waals surface area contributed by atoms with Gasteiger partial charge in [0, 0.05) is 43.4 Å². The number of nitrogens with one attached hydrogen (secondary N) is 1. The Morgan fingerprint density at radius 3 is 3.00 bits per heavy atom. The van der Waals surface area contributed by atoms with E-state index < -0.39 is 0 Å². The normalized spacial score (nSPS) is 20.3. The van der Waals surface area contributed by atoms with Gasteiger partial charge in [-0.3, -0.25) is 4.79 Å². The topological polar surface area (TPSA) is 105 Å². The third-order valence-electron chi connectivity index (χ3n) is 6.00. The lowest BCUT2D eigenvalue weighted by Gasteiger charge is -2.36. The fourth-order valence-corrected chi connectivity index (χ4v) is 4.30. The Morgan fingerprint density at radius 2 is 2.19 bits per heavy atom. The molecule has 2 aliphatic rings. The van der Waals surface area contributed by atoms with Gasteiger partial charge in [-0.25, -0.2) is 9.50 Å². The summed E-state index contributed by atoms with van der Waals surface area (Å²) in [5.74, 6) is 0.530. The third kappa shape index (κ3) is 3.74. The van der Waals surface area contributed by atoms with Crippen molar-refractivity contribution in [2.75, 3.05) is 43.1 Å². The molecule has 1 N–H and O–H groups in total. The zero-order valence-electron chi connectivity index (χ0n) is 17.9. The van der Waals surface area contributed by atoms with Gasteiger partial charge in [-0.1, -0.05) is 6.92 Å². The number of rotatable bonds is 4. The molecule has 0 spiro atoms. The van der Waals surface area contributed by atoms with Crippen molar-refractivity contribution in [3.05, 3.63) is 47.9 Å². The van der Waals surface area contributed by atoms with Crippen LogP contribution in [0.5, 0.6) is 5.75 Å². The summed E-state index contributed by atoms with van der Waals surface area (Å²) < 4.78 is 13.1. The lowest BCUT2D eigenvalue weighted by molar-refractivity contribution is 0.102. The van der Waals surface area contributed by atoms with Crippen LogP contribution in [0.4, 0.5) is 11.4 Å². The molecule has 0 bridgehead atoms. The Bertz CT molecular complexity index is 1210. The number of morpholine rings is 1. The van der Waals surface area contributed by atoms with Gasteiger partial charge in [0.15, 0.2) is 5.65 Å². The van der Waals surface area contributed by atoms with Crippen LogP contribution in [0.25, 0.3) is 5.65 Å². The van der Waals surface area contributed by atoms with Gasteiger partial charge in [0.2, 0.25) is 0 Å². The van der Waals surface area contributed by atoms with Gasteiger partial charge in [-0.2, -0.15) is 10.4 Å². The van der Waals surface area contributed by atoms with Crippen LogP contribution in [0.15, 0.2) is 36.8 Å². The molecule has 5 rings (SSSR count). The Balaban J connectivity index is 1.52. The predicted octanol–water partition coefficient (Wildman–Crippen LogP) is 2.67. The van der Waals surface area contributed by atoms with Gasteiger partial charge in [0.1, 0.15) is 11.3 Å². The molecule has 2 aromatic heterocycles. The van der Waals surface area contributed by atoms with E-state index in [2.05, 4.69) is 33.3 Å². The standard InChI is InChI=1S/C23H24N6O3/c1-23(3-4-24)13-16-11-18(19(12-20(16)32-15-23)28-7-9-31-10-8-28)27-22(30)17-14-26-29-6-2-5-25-21(17)29/h2,5-6,11-12,14H,3,7-10,13,15H2,1H3,(H,27,30). The summed E-state index contributed by atoms with van der Waals surface area (Å²) in [6.45, 7) is 5.26. The van der Waals surface area contributed by atoms with E-state index in [0.29, 0.717) is 49.6 Å². The van der Waals surface area contributed by atoms with Gasteiger partial charge < -0.3 is 19.7 Å². The highest BCUT2D eigenvalue weighted by molar-refractivity contribution is 6.09. The number of nitrogens with zero attached hydrogens (tertiary/aromatic N) is 5. The number of carbonyl (C=O) groups is 1. The number of hydrogen-bond acceptors (Lipinski definition) is 7. The molecule has 0 aliphatic carbocycles. The minimum atomic E-state index is -0.273. The molecule has 2 aliphatic heterocycles. The zero-order valence-corrected chi connectivity index (χ0v) is 17.9. The van der Waals surface area contributed by atoms with Gasteiger partial charge >= 0.3 is 0 Å². The van der Waals surface area contributed by atoms with Crippen molar-refractivity contribution in [3.8, 4) is 11.8 Å². The molecular formula is C23H24N6O3. The van der Waals surface area contributed by atoms with Gasteiger partial charge in [0.05, 0.1) is 43.5 Å². The van der Waals surface area contributed by atoms with Crippen LogP contribution in [-0.4, -0.2) is 53.4 Å². The molecule has 3 aromatic rings. The maximum atomic E-state index is 13.2. The second kappa shape index (κ2) is 8.13.